The Bertz CT molecular complexity index is 1340. The van der Waals surface area contributed by atoms with Crippen LogP contribution in [0.15, 0.2) is 66.7 Å². The number of urea groups is 1. The number of carbonyl (C=O) groups is 2. The topological polar surface area (TPSA) is 76.4 Å². The number of hydrogen-bond acceptors (Lipinski definition) is 4. The molecular formula is C26H21ClN4O2S. The Morgan fingerprint density at radius 1 is 1.18 bits per heavy atom. The van der Waals surface area contributed by atoms with Gasteiger partial charge in [-0.05, 0) is 55.0 Å². The number of nitrogens with zero attached hydrogens (tertiary/aromatic N) is 3. The van der Waals surface area contributed by atoms with Crippen molar-refractivity contribution in [2.24, 2.45) is 0 Å². The van der Waals surface area contributed by atoms with Gasteiger partial charge in [-0.25, -0.2) is 4.79 Å². The van der Waals surface area contributed by atoms with Gasteiger partial charge < -0.3 is 10.2 Å². The van der Waals surface area contributed by atoms with Crippen LogP contribution >= 0.6 is 23.4 Å². The monoisotopic (exact) mass is 488 g/mol. The molecule has 3 aromatic rings. The van der Waals surface area contributed by atoms with E-state index in [9.17, 15) is 14.9 Å². The third kappa shape index (κ3) is 3.69. The molecule has 34 heavy (non-hydrogen) atoms. The van der Waals surface area contributed by atoms with Crippen LogP contribution in [0.3, 0.4) is 0 Å². The van der Waals surface area contributed by atoms with Crippen molar-refractivity contribution in [1.82, 2.24) is 4.90 Å². The first-order valence-corrected chi connectivity index (χ1v) is 12.2. The van der Waals surface area contributed by atoms with E-state index in [1.165, 1.54) is 11.8 Å². The Kier molecular flexibility index (Phi) is 5.72. The second-order valence-corrected chi connectivity index (χ2v) is 10.0. The molecule has 0 unspecified atom stereocenters. The van der Waals surface area contributed by atoms with Crippen LogP contribution in [0.4, 0.5) is 16.2 Å². The maximum atomic E-state index is 14.1. The zero-order valence-corrected chi connectivity index (χ0v) is 20.0. The molecule has 1 atom stereocenters. The van der Waals surface area contributed by atoms with Crippen LogP contribution in [0.25, 0.3) is 0 Å². The van der Waals surface area contributed by atoms with Gasteiger partial charge in [0.05, 0.1) is 23.9 Å². The summed E-state index contributed by atoms with van der Waals surface area (Å²) in [5.74, 6) is 0.495. The molecule has 2 aliphatic rings. The molecule has 1 N–H and O–H groups in total. The highest BCUT2D eigenvalue weighted by Crippen LogP contribution is 2.54. The number of fused-ring (bicyclic) bond motifs is 2. The molecular weight excluding hydrogens is 468 g/mol. The molecule has 1 fully saturated rings. The van der Waals surface area contributed by atoms with Crippen molar-refractivity contribution >= 4 is 46.7 Å². The van der Waals surface area contributed by atoms with Crippen molar-refractivity contribution in [3.05, 3.63) is 94.0 Å². The number of nitriles is 1. The number of benzene rings is 3. The lowest BCUT2D eigenvalue weighted by Crippen LogP contribution is -2.51. The van der Waals surface area contributed by atoms with E-state index in [0.717, 1.165) is 22.4 Å². The number of aryl methyl sites for hydroxylation is 1. The molecule has 3 aromatic carbocycles. The van der Waals surface area contributed by atoms with Crippen LogP contribution < -0.4 is 10.2 Å². The summed E-state index contributed by atoms with van der Waals surface area (Å²) < 4.78 is 0. The number of halogens is 1. The highest BCUT2D eigenvalue weighted by Gasteiger charge is 2.59. The quantitative estimate of drug-likeness (QED) is 0.528. The van der Waals surface area contributed by atoms with Crippen LogP contribution in [0, 0.1) is 18.3 Å². The zero-order chi connectivity index (χ0) is 23.9. The van der Waals surface area contributed by atoms with Gasteiger partial charge >= 0.3 is 6.03 Å². The van der Waals surface area contributed by atoms with Crippen molar-refractivity contribution in [1.29, 1.82) is 5.26 Å². The van der Waals surface area contributed by atoms with Gasteiger partial charge in [0.25, 0.3) is 5.91 Å². The Labute approximate surface area is 207 Å². The molecule has 0 aromatic heterocycles. The molecule has 2 aliphatic heterocycles. The number of anilines is 2. The highest BCUT2D eigenvalue weighted by molar-refractivity contribution is 8.01. The standard InChI is InChI=1S/C26H21ClN4O2S/c1-17-5-10-23-22(13-17)26(24(32)30(23)16-19-4-2-3-18(14-19)15-28)31(11-12-34-26)25(33)29-21-8-6-20(27)7-9-21/h2-10,13-14H,11-12,16H2,1H3,(H,29,33)/t26-/m0/s1. The predicted octanol–water partition coefficient (Wildman–Crippen LogP) is 5.50. The third-order valence-electron chi connectivity index (χ3n) is 6.09. The predicted molar refractivity (Wildman–Crippen MR) is 135 cm³/mol. The molecule has 1 saturated heterocycles. The van der Waals surface area contributed by atoms with Crippen LogP contribution in [-0.4, -0.2) is 29.1 Å². The number of carbonyl (C=O) groups excluding carboxylic acids is 2. The normalized spacial score (nSPS) is 18.8. The van der Waals surface area contributed by atoms with Gasteiger partial charge in [-0.1, -0.05) is 41.4 Å². The molecule has 0 bridgehead atoms. The van der Waals surface area contributed by atoms with Gasteiger partial charge in [-0.15, -0.1) is 11.8 Å². The molecule has 8 heteroatoms. The second-order valence-electron chi connectivity index (χ2n) is 8.31. The molecule has 6 nitrogen and oxygen atoms in total. The summed E-state index contributed by atoms with van der Waals surface area (Å²) in [7, 11) is 0. The van der Waals surface area contributed by atoms with Gasteiger partial charge in [0, 0.05) is 28.6 Å². The maximum absolute atomic E-state index is 14.1. The molecule has 2 heterocycles. The fourth-order valence-electron chi connectivity index (χ4n) is 4.53. The lowest BCUT2D eigenvalue weighted by Gasteiger charge is -2.33. The van der Waals surface area contributed by atoms with Crippen LogP contribution in [-0.2, 0) is 16.2 Å². The first kappa shape index (κ1) is 22.3. The fourth-order valence-corrected chi connectivity index (χ4v) is 6.11. The molecule has 170 valence electrons. The minimum Gasteiger partial charge on any atom is -0.308 e. The Morgan fingerprint density at radius 3 is 2.74 bits per heavy atom. The summed E-state index contributed by atoms with van der Waals surface area (Å²) in [5, 5.41) is 12.8. The van der Waals surface area contributed by atoms with Gasteiger partial charge in [0.2, 0.25) is 0 Å². The molecule has 0 radical (unpaired) electrons. The van der Waals surface area contributed by atoms with Crippen LogP contribution in [0.5, 0.6) is 0 Å². The second kappa shape index (κ2) is 8.71. The van der Waals surface area contributed by atoms with E-state index in [1.54, 1.807) is 46.2 Å². The largest absolute Gasteiger partial charge is 0.323 e. The molecule has 0 aliphatic carbocycles. The summed E-state index contributed by atoms with van der Waals surface area (Å²) in [6.45, 7) is 2.75. The van der Waals surface area contributed by atoms with E-state index in [2.05, 4.69) is 11.4 Å². The average Bonchev–Trinajstić information content (AvgIpc) is 3.38. The van der Waals surface area contributed by atoms with E-state index in [0.29, 0.717) is 35.1 Å². The first-order valence-electron chi connectivity index (χ1n) is 10.8. The zero-order valence-electron chi connectivity index (χ0n) is 18.4. The van der Waals surface area contributed by atoms with Gasteiger partial charge in [0.15, 0.2) is 4.87 Å². The van der Waals surface area contributed by atoms with E-state index in [1.807, 2.05) is 37.3 Å². The van der Waals surface area contributed by atoms with Crippen molar-refractivity contribution in [3.8, 4) is 6.07 Å². The molecule has 1 spiro atoms. The van der Waals surface area contributed by atoms with Crippen LogP contribution in [0.1, 0.15) is 22.3 Å². The summed E-state index contributed by atoms with van der Waals surface area (Å²) in [4.78, 5) is 29.7. The Morgan fingerprint density at radius 2 is 1.97 bits per heavy atom. The number of rotatable bonds is 3. The lowest BCUT2D eigenvalue weighted by atomic mass is 10.0. The van der Waals surface area contributed by atoms with Crippen molar-refractivity contribution in [2.75, 3.05) is 22.5 Å². The van der Waals surface area contributed by atoms with Gasteiger partial charge in [0.1, 0.15) is 0 Å². The maximum Gasteiger partial charge on any atom is 0.323 e. The smallest absolute Gasteiger partial charge is 0.308 e. The van der Waals surface area contributed by atoms with Crippen molar-refractivity contribution in [2.45, 2.75) is 18.3 Å². The number of thioether (sulfide) groups is 1. The number of nitrogens with one attached hydrogen (secondary N) is 1. The Hall–Kier alpha value is -3.47. The number of hydrogen-bond donors (Lipinski definition) is 1. The summed E-state index contributed by atoms with van der Waals surface area (Å²) in [6.07, 6.45) is 0. The first-order chi connectivity index (χ1) is 16.4. The Balaban J connectivity index is 1.53. The van der Waals surface area contributed by atoms with Gasteiger partial charge in [-0.3, -0.25) is 9.69 Å². The fraction of sp³-hybridized carbons (Fsp3) is 0.192. The third-order valence-corrected chi connectivity index (χ3v) is 7.76. The molecule has 0 saturated carbocycles. The summed E-state index contributed by atoms with van der Waals surface area (Å²) >= 11 is 7.45. The van der Waals surface area contributed by atoms with Crippen molar-refractivity contribution in [3.63, 3.8) is 0 Å². The minimum absolute atomic E-state index is 0.149. The van der Waals surface area contributed by atoms with E-state index in [4.69, 9.17) is 11.6 Å². The van der Waals surface area contributed by atoms with E-state index >= 15 is 0 Å². The SMILES string of the molecule is Cc1ccc2c(c1)[C@]1(SCCN1C(=O)Nc1ccc(Cl)cc1)C(=O)N2Cc1cccc(C#N)c1. The van der Waals surface area contributed by atoms with Gasteiger partial charge in [-0.2, -0.15) is 5.26 Å². The van der Waals surface area contributed by atoms with Crippen LogP contribution in [0.2, 0.25) is 5.02 Å². The molecule has 5 rings (SSSR count). The summed E-state index contributed by atoms with van der Waals surface area (Å²) in [6, 6.07) is 21.9. The highest BCUT2D eigenvalue weighted by atomic mass is 35.5. The van der Waals surface area contributed by atoms with E-state index < -0.39 is 4.87 Å². The summed E-state index contributed by atoms with van der Waals surface area (Å²) in [5.41, 5.74) is 4.64. The average molecular weight is 489 g/mol. The van der Waals surface area contributed by atoms with Crippen molar-refractivity contribution < 1.29 is 9.59 Å². The number of amides is 3. The minimum atomic E-state index is -1.13. The lowest BCUT2D eigenvalue weighted by molar-refractivity contribution is -0.123. The van der Waals surface area contributed by atoms with E-state index in [-0.39, 0.29) is 11.9 Å². The molecule has 3 amide bonds.